The fourth-order valence-corrected chi connectivity index (χ4v) is 1.22. The van der Waals surface area contributed by atoms with Crippen LogP contribution in [0.2, 0.25) is 0 Å². The van der Waals surface area contributed by atoms with Crippen molar-refractivity contribution < 1.29 is 14.6 Å². The smallest absolute Gasteiger partial charge is 0.0781 e. The van der Waals surface area contributed by atoms with Crippen molar-refractivity contribution in [2.45, 2.75) is 45.3 Å². The highest BCUT2D eigenvalue weighted by atomic mass is 16.5. The molecule has 3 heteroatoms. The second kappa shape index (κ2) is 11.8. The molecule has 100 valence electrons. The standard InChI is InChI=1S/C14H26O3/c1-4-5-6-7-8-9-10-16-12-14(3)17-11-13(2)15/h4,8-9,13-15H,1,5-7,10-12H2,2-3H3. The molecule has 3 nitrogen and oxygen atoms in total. The van der Waals surface area contributed by atoms with Gasteiger partial charge in [-0.1, -0.05) is 18.2 Å². The van der Waals surface area contributed by atoms with Gasteiger partial charge in [0, 0.05) is 0 Å². The Labute approximate surface area is 105 Å². The van der Waals surface area contributed by atoms with Gasteiger partial charge in [0.2, 0.25) is 0 Å². The number of ether oxygens (including phenoxy) is 2. The summed E-state index contributed by atoms with van der Waals surface area (Å²) in [5.41, 5.74) is 0. The Morgan fingerprint density at radius 2 is 1.94 bits per heavy atom. The topological polar surface area (TPSA) is 38.7 Å². The van der Waals surface area contributed by atoms with Crippen LogP contribution >= 0.6 is 0 Å². The lowest BCUT2D eigenvalue weighted by molar-refractivity contribution is -0.0321. The molecule has 0 aromatic carbocycles. The summed E-state index contributed by atoms with van der Waals surface area (Å²) in [6.07, 6.45) is 8.99. The molecular weight excluding hydrogens is 216 g/mol. The molecule has 0 rings (SSSR count). The number of rotatable bonds is 11. The largest absolute Gasteiger partial charge is 0.391 e. The van der Waals surface area contributed by atoms with E-state index in [2.05, 4.69) is 12.7 Å². The first kappa shape index (κ1) is 16.4. The third kappa shape index (κ3) is 13.3. The molecule has 1 N–H and O–H groups in total. The first-order valence-electron chi connectivity index (χ1n) is 6.30. The first-order valence-corrected chi connectivity index (χ1v) is 6.30. The van der Waals surface area contributed by atoms with Crippen molar-refractivity contribution in [3.05, 3.63) is 24.8 Å². The highest BCUT2D eigenvalue weighted by molar-refractivity contribution is 4.82. The van der Waals surface area contributed by atoms with E-state index in [9.17, 15) is 0 Å². The fraction of sp³-hybridized carbons (Fsp3) is 0.714. The molecule has 0 fully saturated rings. The second-order valence-corrected chi connectivity index (χ2v) is 4.22. The predicted octanol–water partition coefficient (Wildman–Crippen LogP) is 2.70. The van der Waals surface area contributed by atoms with Crippen molar-refractivity contribution in [2.75, 3.05) is 19.8 Å². The molecule has 0 bridgehead atoms. The minimum Gasteiger partial charge on any atom is -0.391 e. The first-order chi connectivity index (χ1) is 8.16. The van der Waals surface area contributed by atoms with Crippen LogP contribution in [0.25, 0.3) is 0 Å². The van der Waals surface area contributed by atoms with Crippen molar-refractivity contribution in [3.8, 4) is 0 Å². The van der Waals surface area contributed by atoms with Gasteiger partial charge in [0.25, 0.3) is 0 Å². The van der Waals surface area contributed by atoms with Gasteiger partial charge >= 0.3 is 0 Å². The molecule has 0 saturated carbocycles. The Bertz CT molecular complexity index is 200. The molecule has 0 spiro atoms. The molecule has 2 unspecified atom stereocenters. The number of unbranched alkanes of at least 4 members (excludes halogenated alkanes) is 2. The zero-order chi connectivity index (χ0) is 12.9. The predicted molar refractivity (Wildman–Crippen MR) is 71.1 cm³/mol. The molecule has 0 aromatic heterocycles. The Kier molecular flexibility index (Phi) is 11.4. The lowest BCUT2D eigenvalue weighted by Gasteiger charge is -2.13. The van der Waals surface area contributed by atoms with Gasteiger partial charge in [-0.25, -0.2) is 0 Å². The molecule has 0 saturated heterocycles. The monoisotopic (exact) mass is 242 g/mol. The summed E-state index contributed by atoms with van der Waals surface area (Å²) in [7, 11) is 0. The minimum atomic E-state index is -0.415. The van der Waals surface area contributed by atoms with Crippen LogP contribution in [0.4, 0.5) is 0 Å². The van der Waals surface area contributed by atoms with Crippen LogP contribution in [0.5, 0.6) is 0 Å². The quantitative estimate of drug-likeness (QED) is 0.447. The molecule has 0 aromatic rings. The zero-order valence-corrected chi connectivity index (χ0v) is 11.1. The van der Waals surface area contributed by atoms with Crippen LogP contribution in [0.1, 0.15) is 33.1 Å². The van der Waals surface area contributed by atoms with Crippen molar-refractivity contribution >= 4 is 0 Å². The lowest BCUT2D eigenvalue weighted by Crippen LogP contribution is -2.21. The third-order valence-electron chi connectivity index (χ3n) is 2.13. The van der Waals surface area contributed by atoms with Crippen molar-refractivity contribution in [3.63, 3.8) is 0 Å². The van der Waals surface area contributed by atoms with E-state index in [1.807, 2.05) is 19.1 Å². The van der Waals surface area contributed by atoms with E-state index in [1.54, 1.807) is 6.92 Å². The van der Waals surface area contributed by atoms with E-state index >= 15 is 0 Å². The van der Waals surface area contributed by atoms with Crippen LogP contribution in [-0.2, 0) is 9.47 Å². The summed E-state index contributed by atoms with van der Waals surface area (Å²) < 4.78 is 10.8. The van der Waals surface area contributed by atoms with Gasteiger partial charge < -0.3 is 14.6 Å². The number of aliphatic hydroxyl groups is 1. The van der Waals surface area contributed by atoms with Crippen LogP contribution in [0.3, 0.4) is 0 Å². The maximum absolute atomic E-state index is 9.03. The molecule has 2 atom stereocenters. The Morgan fingerprint density at radius 1 is 1.18 bits per heavy atom. The summed E-state index contributed by atoms with van der Waals surface area (Å²) in [6, 6.07) is 0. The molecule has 0 radical (unpaired) electrons. The number of hydrogen-bond donors (Lipinski definition) is 1. The van der Waals surface area contributed by atoms with Crippen LogP contribution in [-0.4, -0.2) is 37.1 Å². The van der Waals surface area contributed by atoms with Crippen LogP contribution in [0, 0.1) is 0 Å². The van der Waals surface area contributed by atoms with E-state index in [0.717, 1.165) is 19.3 Å². The third-order valence-corrected chi connectivity index (χ3v) is 2.13. The van der Waals surface area contributed by atoms with Crippen molar-refractivity contribution in [1.29, 1.82) is 0 Å². The number of hydrogen-bond acceptors (Lipinski definition) is 3. The van der Waals surface area contributed by atoms with E-state index in [1.165, 1.54) is 0 Å². The van der Waals surface area contributed by atoms with Crippen molar-refractivity contribution in [1.82, 2.24) is 0 Å². The highest BCUT2D eigenvalue weighted by Crippen LogP contribution is 1.97. The molecule has 0 heterocycles. The Hall–Kier alpha value is -0.640. The minimum absolute atomic E-state index is 0.0266. The maximum Gasteiger partial charge on any atom is 0.0781 e. The zero-order valence-electron chi connectivity index (χ0n) is 11.1. The van der Waals surface area contributed by atoms with Gasteiger partial charge in [0.1, 0.15) is 0 Å². The number of aliphatic hydroxyl groups excluding tert-OH is 1. The second-order valence-electron chi connectivity index (χ2n) is 4.22. The van der Waals surface area contributed by atoms with Crippen LogP contribution in [0.15, 0.2) is 24.8 Å². The maximum atomic E-state index is 9.03. The van der Waals surface area contributed by atoms with Gasteiger partial charge in [-0.2, -0.15) is 0 Å². The number of allylic oxidation sites excluding steroid dienone is 2. The average Bonchev–Trinajstić information content (AvgIpc) is 2.30. The van der Waals surface area contributed by atoms with E-state index in [4.69, 9.17) is 14.6 Å². The molecule has 0 aliphatic rings. The van der Waals surface area contributed by atoms with E-state index < -0.39 is 6.10 Å². The van der Waals surface area contributed by atoms with Crippen molar-refractivity contribution in [2.24, 2.45) is 0 Å². The fourth-order valence-electron chi connectivity index (χ4n) is 1.22. The molecule has 17 heavy (non-hydrogen) atoms. The van der Waals surface area contributed by atoms with Crippen LogP contribution < -0.4 is 0 Å². The summed E-state index contributed by atoms with van der Waals surface area (Å²) in [6.45, 7) is 8.87. The van der Waals surface area contributed by atoms with Gasteiger partial charge in [0.15, 0.2) is 0 Å². The highest BCUT2D eigenvalue weighted by Gasteiger charge is 2.03. The summed E-state index contributed by atoms with van der Waals surface area (Å²) in [5, 5.41) is 9.03. The molecule has 0 aliphatic heterocycles. The Balaban J connectivity index is 3.28. The van der Waals surface area contributed by atoms with E-state index in [-0.39, 0.29) is 6.10 Å². The van der Waals surface area contributed by atoms with Gasteiger partial charge in [-0.3, -0.25) is 0 Å². The molecule has 0 amide bonds. The summed E-state index contributed by atoms with van der Waals surface area (Å²) >= 11 is 0. The normalized spacial score (nSPS) is 15.0. The summed E-state index contributed by atoms with van der Waals surface area (Å²) in [4.78, 5) is 0. The van der Waals surface area contributed by atoms with Gasteiger partial charge in [-0.05, 0) is 33.1 Å². The summed E-state index contributed by atoms with van der Waals surface area (Å²) in [5.74, 6) is 0. The van der Waals surface area contributed by atoms with E-state index in [0.29, 0.717) is 19.8 Å². The Morgan fingerprint density at radius 3 is 2.59 bits per heavy atom. The molecular formula is C14H26O3. The lowest BCUT2D eigenvalue weighted by atomic mass is 10.2. The van der Waals surface area contributed by atoms with Gasteiger partial charge in [-0.15, -0.1) is 6.58 Å². The molecule has 0 aliphatic carbocycles. The average molecular weight is 242 g/mol. The SMILES string of the molecule is C=CCCCC=CCOCC(C)OCC(C)O. The van der Waals surface area contributed by atoms with Gasteiger partial charge in [0.05, 0.1) is 32.0 Å².